The summed E-state index contributed by atoms with van der Waals surface area (Å²) in [5, 5.41) is 1.18. The molecule has 0 aliphatic heterocycles. The maximum Gasteiger partial charge on any atom is 0.139 e. The van der Waals surface area contributed by atoms with Crippen molar-refractivity contribution in [3.63, 3.8) is 0 Å². The molecule has 1 saturated carbocycles. The van der Waals surface area contributed by atoms with Gasteiger partial charge in [-0.25, -0.2) is 0 Å². The zero-order valence-corrected chi connectivity index (χ0v) is 12.5. The Morgan fingerprint density at radius 2 is 2.00 bits per heavy atom. The quantitative estimate of drug-likeness (QED) is 0.608. The van der Waals surface area contributed by atoms with E-state index in [1.54, 1.807) is 12.1 Å². The predicted octanol–water partition coefficient (Wildman–Crippen LogP) is 4.84. The Morgan fingerprint density at radius 1 is 1.31 bits per heavy atom. The van der Waals surface area contributed by atoms with E-state index < -0.39 is 0 Å². The fourth-order valence-corrected chi connectivity index (χ4v) is 2.63. The smallest absolute Gasteiger partial charge is 0.139 e. The Balaban J connectivity index is 2.07. The number of hydrogen-bond acceptors (Lipinski definition) is 2. The van der Waals surface area contributed by atoms with Crippen molar-refractivity contribution in [1.29, 1.82) is 0 Å². The SMILES string of the molecule is SCC1(COc2cc(Cl)c(Br)cc2Cl)CC1. The highest BCUT2D eigenvalue weighted by Gasteiger charge is 2.42. The third-order valence-electron chi connectivity index (χ3n) is 2.80. The second kappa shape index (κ2) is 4.97. The van der Waals surface area contributed by atoms with Gasteiger partial charge in [0.1, 0.15) is 5.75 Å². The summed E-state index contributed by atoms with van der Waals surface area (Å²) in [5.74, 6) is 1.50. The van der Waals surface area contributed by atoms with Gasteiger partial charge >= 0.3 is 0 Å². The van der Waals surface area contributed by atoms with Crippen molar-refractivity contribution in [3.05, 3.63) is 26.7 Å². The average Bonchev–Trinajstić information content (AvgIpc) is 3.02. The maximum absolute atomic E-state index is 6.06. The van der Waals surface area contributed by atoms with Gasteiger partial charge < -0.3 is 4.74 Å². The van der Waals surface area contributed by atoms with Crippen LogP contribution in [0.4, 0.5) is 0 Å². The zero-order chi connectivity index (χ0) is 11.8. The Morgan fingerprint density at radius 3 is 2.56 bits per heavy atom. The van der Waals surface area contributed by atoms with Gasteiger partial charge in [-0.15, -0.1) is 0 Å². The molecule has 0 saturated heterocycles. The third kappa shape index (κ3) is 2.81. The van der Waals surface area contributed by atoms with E-state index >= 15 is 0 Å². The van der Waals surface area contributed by atoms with E-state index in [4.69, 9.17) is 27.9 Å². The van der Waals surface area contributed by atoms with E-state index in [2.05, 4.69) is 28.6 Å². The van der Waals surface area contributed by atoms with E-state index in [1.807, 2.05) is 0 Å². The lowest BCUT2D eigenvalue weighted by molar-refractivity contribution is 0.251. The molecule has 0 bridgehead atoms. The fraction of sp³-hybridized carbons (Fsp3) is 0.455. The van der Waals surface area contributed by atoms with E-state index in [9.17, 15) is 0 Å². The molecule has 0 amide bonds. The number of halogens is 3. The molecule has 0 aromatic heterocycles. The Hall–Kier alpha value is 0.430. The number of rotatable bonds is 4. The lowest BCUT2D eigenvalue weighted by atomic mass is 10.2. The number of ether oxygens (including phenoxy) is 1. The minimum Gasteiger partial charge on any atom is -0.491 e. The summed E-state index contributed by atoms with van der Waals surface area (Å²) in [6.07, 6.45) is 2.36. The van der Waals surface area contributed by atoms with Crippen LogP contribution in [0.5, 0.6) is 5.75 Å². The molecule has 5 heteroatoms. The number of hydrogen-bond donors (Lipinski definition) is 1. The molecule has 0 atom stereocenters. The highest BCUT2D eigenvalue weighted by molar-refractivity contribution is 9.10. The summed E-state index contributed by atoms with van der Waals surface area (Å²) in [6, 6.07) is 3.49. The fourth-order valence-electron chi connectivity index (χ4n) is 1.37. The summed E-state index contributed by atoms with van der Waals surface area (Å²) in [6.45, 7) is 0.661. The van der Waals surface area contributed by atoms with Crippen molar-refractivity contribution >= 4 is 51.8 Å². The van der Waals surface area contributed by atoms with Crippen molar-refractivity contribution in [1.82, 2.24) is 0 Å². The predicted molar refractivity (Wildman–Crippen MR) is 75.2 cm³/mol. The lowest BCUT2D eigenvalue weighted by Gasteiger charge is -2.15. The van der Waals surface area contributed by atoms with Gasteiger partial charge in [-0.05, 0) is 40.6 Å². The van der Waals surface area contributed by atoms with E-state index in [0.717, 1.165) is 10.2 Å². The van der Waals surface area contributed by atoms with Crippen LogP contribution in [0.1, 0.15) is 12.8 Å². The molecule has 1 aliphatic rings. The van der Waals surface area contributed by atoms with E-state index in [-0.39, 0.29) is 5.41 Å². The highest BCUT2D eigenvalue weighted by atomic mass is 79.9. The molecule has 1 fully saturated rings. The topological polar surface area (TPSA) is 9.23 Å². The normalized spacial score (nSPS) is 17.2. The third-order valence-corrected chi connectivity index (χ3v) is 4.96. The van der Waals surface area contributed by atoms with Gasteiger partial charge in [-0.1, -0.05) is 23.2 Å². The number of benzene rings is 1. The summed E-state index contributed by atoms with van der Waals surface area (Å²) in [5.41, 5.74) is 0.256. The van der Waals surface area contributed by atoms with Crippen molar-refractivity contribution in [2.45, 2.75) is 12.8 Å². The van der Waals surface area contributed by atoms with Crippen LogP contribution >= 0.6 is 51.8 Å². The van der Waals surface area contributed by atoms with Gasteiger partial charge in [0, 0.05) is 16.0 Å². The molecule has 1 nitrogen and oxygen atoms in total. The Bertz CT molecular complexity index is 407. The minimum atomic E-state index is 0.256. The zero-order valence-electron chi connectivity index (χ0n) is 8.47. The lowest BCUT2D eigenvalue weighted by Crippen LogP contribution is -2.14. The largest absolute Gasteiger partial charge is 0.491 e. The molecule has 0 unspecified atom stereocenters. The van der Waals surface area contributed by atoms with Gasteiger partial charge in [0.05, 0.1) is 16.7 Å². The second-order valence-corrected chi connectivity index (χ2v) is 6.13. The summed E-state index contributed by atoms with van der Waals surface area (Å²) in [4.78, 5) is 0. The van der Waals surface area contributed by atoms with Gasteiger partial charge in [0.25, 0.3) is 0 Å². The van der Waals surface area contributed by atoms with Gasteiger partial charge in [0.15, 0.2) is 0 Å². The first-order chi connectivity index (χ1) is 7.56. The summed E-state index contributed by atoms with van der Waals surface area (Å²) >= 11 is 19.7. The molecular formula is C11H11BrCl2OS. The van der Waals surface area contributed by atoms with Crippen molar-refractivity contribution in [3.8, 4) is 5.75 Å². The van der Waals surface area contributed by atoms with Crippen LogP contribution in [-0.2, 0) is 0 Å². The summed E-state index contributed by atoms with van der Waals surface area (Å²) in [7, 11) is 0. The number of thiol groups is 1. The van der Waals surface area contributed by atoms with E-state index in [0.29, 0.717) is 22.4 Å². The molecule has 1 aromatic carbocycles. The van der Waals surface area contributed by atoms with Crippen LogP contribution in [0.2, 0.25) is 10.0 Å². The van der Waals surface area contributed by atoms with Gasteiger partial charge in [0.2, 0.25) is 0 Å². The van der Waals surface area contributed by atoms with Crippen molar-refractivity contribution in [2.75, 3.05) is 12.4 Å². The Labute approximate surface area is 119 Å². The molecule has 0 N–H and O–H groups in total. The molecule has 1 aliphatic carbocycles. The molecular weight excluding hydrogens is 331 g/mol. The Kier molecular flexibility index (Phi) is 4.00. The van der Waals surface area contributed by atoms with Crippen molar-refractivity contribution < 1.29 is 4.74 Å². The first kappa shape index (κ1) is 12.9. The molecule has 0 radical (unpaired) electrons. The van der Waals surface area contributed by atoms with Gasteiger partial charge in [-0.3, -0.25) is 0 Å². The minimum absolute atomic E-state index is 0.256. The van der Waals surface area contributed by atoms with Crippen LogP contribution in [0.25, 0.3) is 0 Å². The molecule has 2 rings (SSSR count). The van der Waals surface area contributed by atoms with E-state index in [1.165, 1.54) is 12.8 Å². The maximum atomic E-state index is 6.06. The van der Waals surface area contributed by atoms with Gasteiger partial charge in [-0.2, -0.15) is 12.6 Å². The van der Waals surface area contributed by atoms with Crippen LogP contribution in [0, 0.1) is 5.41 Å². The monoisotopic (exact) mass is 340 g/mol. The molecule has 0 heterocycles. The highest BCUT2D eigenvalue weighted by Crippen LogP contribution is 2.47. The average molecular weight is 342 g/mol. The van der Waals surface area contributed by atoms with Crippen LogP contribution in [-0.4, -0.2) is 12.4 Å². The first-order valence-electron chi connectivity index (χ1n) is 4.94. The summed E-state index contributed by atoms with van der Waals surface area (Å²) < 4.78 is 6.48. The second-order valence-electron chi connectivity index (χ2n) is 4.14. The molecule has 1 aromatic rings. The molecule has 16 heavy (non-hydrogen) atoms. The van der Waals surface area contributed by atoms with Crippen LogP contribution in [0.15, 0.2) is 16.6 Å². The van der Waals surface area contributed by atoms with Crippen molar-refractivity contribution in [2.24, 2.45) is 5.41 Å². The van der Waals surface area contributed by atoms with Crippen LogP contribution in [0.3, 0.4) is 0 Å². The standard InChI is InChI=1S/C11H11BrCl2OS/c12-7-3-9(14)10(4-8(7)13)15-5-11(6-16)1-2-11/h3-4,16H,1-2,5-6H2. The molecule has 88 valence electrons. The van der Waals surface area contributed by atoms with Crippen LogP contribution < -0.4 is 4.74 Å². The molecule has 0 spiro atoms. The first-order valence-corrected chi connectivity index (χ1v) is 7.13.